The van der Waals surface area contributed by atoms with Gasteiger partial charge in [0.05, 0.1) is 5.56 Å². The summed E-state index contributed by atoms with van der Waals surface area (Å²) in [6.45, 7) is -0.0568. The molecule has 0 atom stereocenters. The van der Waals surface area contributed by atoms with E-state index in [1.807, 2.05) is 0 Å². The zero-order valence-electron chi connectivity index (χ0n) is 9.13. The van der Waals surface area contributed by atoms with Crippen molar-refractivity contribution in [3.05, 3.63) is 35.4 Å². The molecule has 2 nitrogen and oxygen atoms in total. The third kappa shape index (κ3) is 4.56. The minimum absolute atomic E-state index is 0.0568. The van der Waals surface area contributed by atoms with Crippen LogP contribution in [0.15, 0.2) is 24.3 Å². The number of aliphatic hydroxyl groups excluding tert-OH is 1. The maximum Gasteiger partial charge on any atom is 0.416 e. The molecule has 0 aromatic heterocycles. The Hall–Kier alpha value is -1.36. The molecule has 5 heteroatoms. The van der Waals surface area contributed by atoms with E-state index >= 15 is 0 Å². The van der Waals surface area contributed by atoms with Gasteiger partial charge in [0.1, 0.15) is 5.78 Å². The molecule has 0 spiro atoms. The molecule has 0 aliphatic rings. The van der Waals surface area contributed by atoms with Crippen molar-refractivity contribution in [2.75, 3.05) is 6.61 Å². The zero-order chi connectivity index (χ0) is 12.9. The first-order chi connectivity index (χ1) is 7.93. The summed E-state index contributed by atoms with van der Waals surface area (Å²) in [6, 6.07) is 4.54. The van der Waals surface area contributed by atoms with Crippen LogP contribution in [0, 0.1) is 0 Å². The van der Waals surface area contributed by atoms with E-state index in [2.05, 4.69) is 0 Å². The Morgan fingerprint density at radius 1 is 1.18 bits per heavy atom. The average Bonchev–Trinajstić information content (AvgIpc) is 2.26. The molecule has 0 bridgehead atoms. The van der Waals surface area contributed by atoms with Crippen LogP contribution in [0.4, 0.5) is 13.2 Å². The monoisotopic (exact) mass is 246 g/mol. The summed E-state index contributed by atoms with van der Waals surface area (Å²) in [5.74, 6) is -0.0844. The summed E-state index contributed by atoms with van der Waals surface area (Å²) in [4.78, 5) is 11.3. The van der Waals surface area contributed by atoms with Crippen LogP contribution in [-0.2, 0) is 17.4 Å². The lowest BCUT2D eigenvalue weighted by atomic mass is 10.0. The normalized spacial score (nSPS) is 11.5. The highest BCUT2D eigenvalue weighted by molar-refractivity contribution is 5.80. The number of benzene rings is 1. The number of hydrogen-bond acceptors (Lipinski definition) is 2. The van der Waals surface area contributed by atoms with E-state index in [0.717, 1.165) is 12.1 Å². The molecule has 0 unspecified atom stereocenters. The quantitative estimate of drug-likeness (QED) is 0.867. The first-order valence-corrected chi connectivity index (χ1v) is 5.22. The number of alkyl halides is 3. The average molecular weight is 246 g/mol. The van der Waals surface area contributed by atoms with Crippen molar-refractivity contribution in [2.45, 2.75) is 25.4 Å². The van der Waals surface area contributed by atoms with Gasteiger partial charge in [-0.15, -0.1) is 0 Å². The van der Waals surface area contributed by atoms with Crippen LogP contribution < -0.4 is 0 Å². The lowest BCUT2D eigenvalue weighted by Crippen LogP contribution is -2.06. The Balaban J connectivity index is 2.60. The second-order valence-corrected chi connectivity index (χ2v) is 3.74. The van der Waals surface area contributed by atoms with E-state index in [1.54, 1.807) is 0 Å². The lowest BCUT2D eigenvalue weighted by molar-refractivity contribution is -0.137. The predicted molar refractivity (Wildman–Crippen MR) is 56.5 cm³/mol. The highest BCUT2D eigenvalue weighted by atomic mass is 19.4. The van der Waals surface area contributed by atoms with Gasteiger partial charge in [0.25, 0.3) is 0 Å². The van der Waals surface area contributed by atoms with Crippen LogP contribution in [0.5, 0.6) is 0 Å². The number of carbonyl (C=O) groups is 1. The fourth-order valence-electron chi connectivity index (χ4n) is 1.40. The van der Waals surface area contributed by atoms with E-state index in [1.165, 1.54) is 12.1 Å². The largest absolute Gasteiger partial charge is 0.416 e. The maximum atomic E-state index is 12.3. The van der Waals surface area contributed by atoms with Crippen LogP contribution in [0.25, 0.3) is 0 Å². The van der Waals surface area contributed by atoms with Crippen molar-refractivity contribution in [3.63, 3.8) is 0 Å². The summed E-state index contributed by atoms with van der Waals surface area (Å²) < 4.78 is 36.8. The van der Waals surface area contributed by atoms with Crippen molar-refractivity contribution >= 4 is 5.78 Å². The molecule has 0 aliphatic heterocycles. The SMILES string of the molecule is O=C(CCCO)Cc1ccc(C(F)(F)F)cc1. The van der Waals surface area contributed by atoms with Gasteiger partial charge < -0.3 is 5.11 Å². The third-order valence-corrected chi connectivity index (χ3v) is 2.30. The van der Waals surface area contributed by atoms with Gasteiger partial charge in [-0.25, -0.2) is 0 Å². The van der Waals surface area contributed by atoms with E-state index in [4.69, 9.17) is 5.11 Å². The molecule has 1 rings (SSSR count). The smallest absolute Gasteiger partial charge is 0.396 e. The van der Waals surface area contributed by atoms with Crippen LogP contribution >= 0.6 is 0 Å². The van der Waals surface area contributed by atoms with E-state index in [-0.39, 0.29) is 25.2 Å². The Kier molecular flexibility index (Phi) is 4.69. The van der Waals surface area contributed by atoms with Gasteiger partial charge in [0, 0.05) is 19.4 Å². The Bertz CT molecular complexity index is 368. The summed E-state index contributed by atoms with van der Waals surface area (Å²) >= 11 is 0. The van der Waals surface area contributed by atoms with Crippen LogP contribution in [-0.4, -0.2) is 17.5 Å². The van der Waals surface area contributed by atoms with Gasteiger partial charge in [-0.05, 0) is 24.1 Å². The highest BCUT2D eigenvalue weighted by Gasteiger charge is 2.29. The van der Waals surface area contributed by atoms with E-state index in [9.17, 15) is 18.0 Å². The molecule has 0 heterocycles. The first-order valence-electron chi connectivity index (χ1n) is 5.22. The first kappa shape index (κ1) is 13.7. The molecular formula is C12H13F3O2. The topological polar surface area (TPSA) is 37.3 Å². The molecule has 0 amide bonds. The number of hydrogen-bond donors (Lipinski definition) is 1. The second-order valence-electron chi connectivity index (χ2n) is 3.74. The van der Waals surface area contributed by atoms with Gasteiger partial charge in [-0.1, -0.05) is 12.1 Å². The predicted octanol–water partition coefficient (Wildman–Crippen LogP) is 2.59. The Labute approximate surface area is 97.1 Å². The van der Waals surface area contributed by atoms with Gasteiger partial charge in [0.2, 0.25) is 0 Å². The molecule has 1 N–H and O–H groups in total. The van der Waals surface area contributed by atoms with Crippen molar-refractivity contribution in [1.29, 1.82) is 0 Å². The third-order valence-electron chi connectivity index (χ3n) is 2.30. The Morgan fingerprint density at radius 2 is 1.76 bits per heavy atom. The number of halogens is 3. The fraction of sp³-hybridized carbons (Fsp3) is 0.417. The molecule has 0 saturated heterocycles. The van der Waals surface area contributed by atoms with E-state index in [0.29, 0.717) is 12.0 Å². The summed E-state index contributed by atoms with van der Waals surface area (Å²) in [7, 11) is 0. The number of ketones is 1. The van der Waals surface area contributed by atoms with Gasteiger partial charge >= 0.3 is 6.18 Å². The number of aliphatic hydroxyl groups is 1. The minimum atomic E-state index is -4.35. The lowest BCUT2D eigenvalue weighted by Gasteiger charge is -2.07. The molecule has 0 radical (unpaired) electrons. The van der Waals surface area contributed by atoms with Gasteiger partial charge in [0.15, 0.2) is 0 Å². The number of Topliss-reactive ketones (excluding diaryl/α,β-unsaturated/α-hetero) is 1. The number of carbonyl (C=O) groups excluding carboxylic acids is 1. The number of rotatable bonds is 5. The standard InChI is InChI=1S/C12H13F3O2/c13-12(14,15)10-5-3-9(4-6-10)8-11(17)2-1-7-16/h3-6,16H,1-2,7-8H2. The minimum Gasteiger partial charge on any atom is -0.396 e. The molecule has 0 fully saturated rings. The maximum absolute atomic E-state index is 12.3. The van der Waals surface area contributed by atoms with Gasteiger partial charge in [-0.3, -0.25) is 4.79 Å². The molecule has 1 aromatic carbocycles. The Morgan fingerprint density at radius 3 is 2.24 bits per heavy atom. The molecular weight excluding hydrogens is 233 g/mol. The summed E-state index contributed by atoms with van der Waals surface area (Å²) in [6.07, 6.45) is -3.60. The van der Waals surface area contributed by atoms with Crippen molar-refractivity contribution in [2.24, 2.45) is 0 Å². The molecule has 94 valence electrons. The van der Waals surface area contributed by atoms with Crippen LogP contribution in [0.3, 0.4) is 0 Å². The molecule has 0 aliphatic carbocycles. The van der Waals surface area contributed by atoms with Crippen molar-refractivity contribution in [1.82, 2.24) is 0 Å². The molecule has 17 heavy (non-hydrogen) atoms. The van der Waals surface area contributed by atoms with Crippen molar-refractivity contribution < 1.29 is 23.1 Å². The summed E-state index contributed by atoms with van der Waals surface area (Å²) in [5, 5.41) is 8.53. The van der Waals surface area contributed by atoms with Crippen LogP contribution in [0.2, 0.25) is 0 Å². The molecule has 1 aromatic rings. The fourth-order valence-corrected chi connectivity index (χ4v) is 1.40. The molecule has 0 saturated carbocycles. The van der Waals surface area contributed by atoms with Crippen LogP contribution in [0.1, 0.15) is 24.0 Å². The second kappa shape index (κ2) is 5.82. The van der Waals surface area contributed by atoms with Crippen molar-refractivity contribution in [3.8, 4) is 0 Å². The zero-order valence-corrected chi connectivity index (χ0v) is 9.13. The van der Waals surface area contributed by atoms with Gasteiger partial charge in [-0.2, -0.15) is 13.2 Å². The highest BCUT2D eigenvalue weighted by Crippen LogP contribution is 2.29. The van der Waals surface area contributed by atoms with E-state index < -0.39 is 11.7 Å². The summed E-state index contributed by atoms with van der Waals surface area (Å²) in [5.41, 5.74) is -0.162.